The summed E-state index contributed by atoms with van der Waals surface area (Å²) in [5.41, 5.74) is 1.77. The normalized spacial score (nSPS) is 17.7. The van der Waals surface area contributed by atoms with Crippen molar-refractivity contribution in [2.45, 2.75) is 51.4 Å². The molecule has 1 aromatic carbocycles. The van der Waals surface area contributed by atoms with Crippen molar-refractivity contribution >= 4 is 11.6 Å². The summed E-state index contributed by atoms with van der Waals surface area (Å²) in [5.74, 6) is 0.839. The van der Waals surface area contributed by atoms with E-state index in [9.17, 15) is 0 Å². The predicted molar refractivity (Wildman–Crippen MR) is 90.4 cm³/mol. The molecule has 1 aliphatic rings. The van der Waals surface area contributed by atoms with Crippen molar-refractivity contribution < 1.29 is 4.74 Å². The van der Waals surface area contributed by atoms with Crippen molar-refractivity contribution in [3.8, 4) is 5.75 Å². The summed E-state index contributed by atoms with van der Waals surface area (Å²) < 4.78 is 5.22. The number of nitrogens with one attached hydrogen (secondary N) is 1. The van der Waals surface area contributed by atoms with Crippen LogP contribution in [0.4, 0.5) is 0 Å². The van der Waals surface area contributed by atoms with Gasteiger partial charge in [0.05, 0.1) is 7.11 Å². The highest BCUT2D eigenvalue weighted by Crippen LogP contribution is 2.43. The summed E-state index contributed by atoms with van der Waals surface area (Å²) in [6.07, 6.45) is 10.6. The molecule has 1 fully saturated rings. The summed E-state index contributed by atoms with van der Waals surface area (Å²) in [6.45, 7) is 1.12. The fraction of sp³-hybridized carbons (Fsp3) is 0.667. The lowest BCUT2D eigenvalue weighted by atomic mass is 9.68. The molecule has 1 aromatic rings. The molecule has 1 N–H and O–H groups in total. The first kappa shape index (κ1) is 16.6. The Hall–Kier alpha value is -0.730. The summed E-state index contributed by atoms with van der Waals surface area (Å²) in [5, 5.41) is 4.16. The zero-order valence-corrected chi connectivity index (χ0v) is 14.1. The molecule has 0 unspecified atom stereocenters. The van der Waals surface area contributed by atoms with E-state index >= 15 is 0 Å². The minimum Gasteiger partial charge on any atom is -0.497 e. The Morgan fingerprint density at radius 1 is 1.19 bits per heavy atom. The number of rotatable bonds is 7. The van der Waals surface area contributed by atoms with Gasteiger partial charge < -0.3 is 10.1 Å². The lowest BCUT2D eigenvalue weighted by Crippen LogP contribution is -2.29. The minimum absolute atomic E-state index is 0.518. The van der Waals surface area contributed by atoms with E-state index in [0.29, 0.717) is 5.41 Å². The summed E-state index contributed by atoms with van der Waals surface area (Å²) in [4.78, 5) is 0. The third-order valence-corrected chi connectivity index (χ3v) is 5.36. The Balaban J connectivity index is 2.00. The standard InChI is InChI=1S/C18H28ClNO/c1-20-13-12-18(9-4-3-5-10-18)11-8-15-6-7-16(21-2)14-17(15)19/h6-7,14,20H,3-5,8-13H2,1-2H3. The maximum Gasteiger partial charge on any atom is 0.120 e. The van der Waals surface area contributed by atoms with Crippen LogP contribution in [-0.4, -0.2) is 20.7 Å². The van der Waals surface area contributed by atoms with E-state index in [1.165, 1.54) is 50.5 Å². The van der Waals surface area contributed by atoms with Crippen LogP contribution in [0.2, 0.25) is 5.02 Å². The molecule has 2 rings (SSSR count). The maximum absolute atomic E-state index is 6.38. The van der Waals surface area contributed by atoms with Gasteiger partial charge in [0, 0.05) is 5.02 Å². The monoisotopic (exact) mass is 309 g/mol. The van der Waals surface area contributed by atoms with E-state index in [1.807, 2.05) is 12.1 Å². The first-order chi connectivity index (χ1) is 10.2. The Bertz CT molecular complexity index is 441. The van der Waals surface area contributed by atoms with Crippen molar-refractivity contribution in [2.24, 2.45) is 5.41 Å². The minimum atomic E-state index is 0.518. The van der Waals surface area contributed by atoms with Gasteiger partial charge in [-0.3, -0.25) is 0 Å². The highest BCUT2D eigenvalue weighted by molar-refractivity contribution is 6.31. The molecule has 0 radical (unpaired) electrons. The van der Waals surface area contributed by atoms with Crippen molar-refractivity contribution in [3.05, 3.63) is 28.8 Å². The summed E-state index contributed by atoms with van der Waals surface area (Å²) in [7, 11) is 3.73. The highest BCUT2D eigenvalue weighted by Gasteiger charge is 2.31. The van der Waals surface area contributed by atoms with Crippen LogP contribution in [0, 0.1) is 5.41 Å². The molecule has 0 aliphatic heterocycles. The van der Waals surface area contributed by atoms with Crippen molar-refractivity contribution in [3.63, 3.8) is 0 Å². The van der Waals surface area contributed by atoms with Gasteiger partial charge in [-0.2, -0.15) is 0 Å². The number of hydrogen-bond acceptors (Lipinski definition) is 2. The van der Waals surface area contributed by atoms with Gasteiger partial charge in [0.1, 0.15) is 5.75 Å². The van der Waals surface area contributed by atoms with Crippen molar-refractivity contribution in [1.82, 2.24) is 5.32 Å². The summed E-state index contributed by atoms with van der Waals surface area (Å²) >= 11 is 6.38. The molecule has 0 amide bonds. The first-order valence-electron chi connectivity index (χ1n) is 8.16. The predicted octanol–water partition coefficient (Wildman–Crippen LogP) is 4.84. The third kappa shape index (κ3) is 4.62. The van der Waals surface area contributed by atoms with Crippen LogP contribution in [0.25, 0.3) is 0 Å². The van der Waals surface area contributed by atoms with E-state index in [0.717, 1.165) is 23.7 Å². The SMILES string of the molecule is CNCCC1(CCc2ccc(OC)cc2Cl)CCCCC1. The van der Waals surface area contributed by atoms with Crippen molar-refractivity contribution in [1.29, 1.82) is 0 Å². The van der Waals surface area contributed by atoms with Gasteiger partial charge >= 0.3 is 0 Å². The van der Waals surface area contributed by atoms with Crippen LogP contribution >= 0.6 is 11.6 Å². The molecule has 0 heterocycles. The molecule has 0 saturated heterocycles. The lowest BCUT2D eigenvalue weighted by molar-refractivity contribution is 0.157. The van der Waals surface area contributed by atoms with Gasteiger partial charge in [0.2, 0.25) is 0 Å². The largest absolute Gasteiger partial charge is 0.497 e. The molecule has 1 saturated carbocycles. The zero-order valence-electron chi connectivity index (χ0n) is 13.4. The molecule has 118 valence electrons. The number of hydrogen-bond donors (Lipinski definition) is 1. The fourth-order valence-corrected chi connectivity index (χ4v) is 3.84. The Morgan fingerprint density at radius 3 is 2.57 bits per heavy atom. The van der Waals surface area contributed by atoms with Crippen LogP contribution < -0.4 is 10.1 Å². The second kappa shape index (κ2) is 8.05. The molecule has 1 aliphatic carbocycles. The number of benzene rings is 1. The van der Waals surface area contributed by atoms with Gasteiger partial charge in [0.25, 0.3) is 0 Å². The number of ether oxygens (including phenoxy) is 1. The van der Waals surface area contributed by atoms with Crippen LogP contribution in [0.1, 0.15) is 50.5 Å². The molecular weight excluding hydrogens is 282 g/mol. The molecular formula is C18H28ClNO. The second-order valence-corrected chi connectivity index (χ2v) is 6.78. The van der Waals surface area contributed by atoms with E-state index in [1.54, 1.807) is 7.11 Å². The number of halogens is 1. The molecule has 0 bridgehead atoms. The Kier molecular flexibility index (Phi) is 6.38. The van der Waals surface area contributed by atoms with E-state index in [-0.39, 0.29) is 0 Å². The molecule has 0 aromatic heterocycles. The topological polar surface area (TPSA) is 21.3 Å². The lowest BCUT2D eigenvalue weighted by Gasteiger charge is -2.38. The maximum atomic E-state index is 6.38. The molecule has 2 nitrogen and oxygen atoms in total. The summed E-state index contributed by atoms with van der Waals surface area (Å²) in [6, 6.07) is 6.07. The molecule has 0 spiro atoms. The van der Waals surface area contributed by atoms with Gasteiger partial charge in [0.15, 0.2) is 0 Å². The van der Waals surface area contributed by atoms with E-state index in [4.69, 9.17) is 16.3 Å². The molecule has 0 atom stereocenters. The van der Waals surface area contributed by atoms with E-state index < -0.39 is 0 Å². The van der Waals surface area contributed by atoms with Crippen LogP contribution in [-0.2, 0) is 6.42 Å². The Morgan fingerprint density at radius 2 is 1.95 bits per heavy atom. The van der Waals surface area contributed by atoms with Gasteiger partial charge in [-0.25, -0.2) is 0 Å². The number of methoxy groups -OCH3 is 1. The molecule has 3 heteroatoms. The van der Waals surface area contributed by atoms with Gasteiger partial charge in [-0.15, -0.1) is 0 Å². The van der Waals surface area contributed by atoms with Gasteiger partial charge in [-0.05, 0) is 68.8 Å². The van der Waals surface area contributed by atoms with Crippen LogP contribution in [0.5, 0.6) is 5.75 Å². The smallest absolute Gasteiger partial charge is 0.120 e. The fourth-order valence-electron chi connectivity index (χ4n) is 3.57. The quantitative estimate of drug-likeness (QED) is 0.778. The van der Waals surface area contributed by atoms with Crippen molar-refractivity contribution in [2.75, 3.05) is 20.7 Å². The van der Waals surface area contributed by atoms with Crippen LogP contribution in [0.15, 0.2) is 18.2 Å². The van der Waals surface area contributed by atoms with Gasteiger partial charge in [-0.1, -0.05) is 36.9 Å². The zero-order chi connectivity index (χ0) is 15.1. The average molecular weight is 310 g/mol. The average Bonchev–Trinajstić information content (AvgIpc) is 2.53. The Labute approximate surface area is 134 Å². The first-order valence-corrected chi connectivity index (χ1v) is 8.54. The third-order valence-electron chi connectivity index (χ3n) is 5.00. The van der Waals surface area contributed by atoms with Crippen LogP contribution in [0.3, 0.4) is 0 Å². The van der Waals surface area contributed by atoms with E-state index in [2.05, 4.69) is 18.4 Å². The molecule has 21 heavy (non-hydrogen) atoms. The highest BCUT2D eigenvalue weighted by atomic mass is 35.5. The number of aryl methyl sites for hydroxylation is 1. The second-order valence-electron chi connectivity index (χ2n) is 6.37.